The zero-order chi connectivity index (χ0) is 45.8. The molecule has 0 fully saturated rings. The Balaban J connectivity index is 4.38. The van der Waals surface area contributed by atoms with Crippen LogP contribution in [0.25, 0.3) is 0 Å². The third kappa shape index (κ3) is 50.2. The van der Waals surface area contributed by atoms with E-state index in [1.165, 1.54) is 154 Å². The van der Waals surface area contributed by atoms with Crippen LogP contribution in [-0.2, 0) is 28.6 Å². The highest BCUT2D eigenvalue weighted by Gasteiger charge is 2.19. The number of ether oxygens (including phenoxy) is 3. The van der Waals surface area contributed by atoms with E-state index >= 15 is 0 Å². The summed E-state index contributed by atoms with van der Waals surface area (Å²) in [7, 11) is 0. The second kappa shape index (κ2) is 52.0. The van der Waals surface area contributed by atoms with Crippen molar-refractivity contribution in [2.75, 3.05) is 13.2 Å². The van der Waals surface area contributed by atoms with Crippen molar-refractivity contribution in [2.24, 2.45) is 0 Å². The summed E-state index contributed by atoms with van der Waals surface area (Å²) in [5.41, 5.74) is 0. The molecule has 1 unspecified atom stereocenters. The number of rotatable bonds is 49. The molecule has 366 valence electrons. The third-order valence-corrected chi connectivity index (χ3v) is 11.9. The molecule has 0 rings (SSSR count). The zero-order valence-electron chi connectivity index (χ0n) is 41.8. The Morgan fingerprint density at radius 1 is 0.333 bits per heavy atom. The topological polar surface area (TPSA) is 78.9 Å². The smallest absolute Gasteiger partial charge is 0.306 e. The average molecular weight is 883 g/mol. The van der Waals surface area contributed by atoms with Crippen molar-refractivity contribution in [3.63, 3.8) is 0 Å². The van der Waals surface area contributed by atoms with Gasteiger partial charge in [-0.25, -0.2) is 0 Å². The van der Waals surface area contributed by atoms with Gasteiger partial charge >= 0.3 is 17.9 Å². The van der Waals surface area contributed by atoms with Crippen LogP contribution in [0.5, 0.6) is 0 Å². The fraction of sp³-hybridized carbons (Fsp3) is 0.807. The molecule has 0 aromatic carbocycles. The molecule has 6 nitrogen and oxygen atoms in total. The number of esters is 3. The minimum atomic E-state index is -0.781. The molecule has 0 amide bonds. The van der Waals surface area contributed by atoms with Crippen LogP contribution in [0.4, 0.5) is 0 Å². The van der Waals surface area contributed by atoms with Crippen molar-refractivity contribution in [2.45, 2.75) is 284 Å². The fourth-order valence-electron chi connectivity index (χ4n) is 7.87. The average Bonchev–Trinajstić information content (AvgIpc) is 3.28. The van der Waals surface area contributed by atoms with Crippen LogP contribution < -0.4 is 0 Å². The second-order valence-electron chi connectivity index (χ2n) is 18.2. The van der Waals surface area contributed by atoms with E-state index in [2.05, 4.69) is 51.2 Å². The van der Waals surface area contributed by atoms with Gasteiger partial charge in [0.25, 0.3) is 0 Å². The molecule has 0 aliphatic rings. The van der Waals surface area contributed by atoms with Gasteiger partial charge in [-0.2, -0.15) is 0 Å². The van der Waals surface area contributed by atoms with Crippen LogP contribution in [0, 0.1) is 0 Å². The second-order valence-corrected chi connectivity index (χ2v) is 18.2. The van der Waals surface area contributed by atoms with Gasteiger partial charge in [0.15, 0.2) is 6.10 Å². The van der Waals surface area contributed by atoms with Gasteiger partial charge in [-0.15, -0.1) is 0 Å². The highest BCUT2D eigenvalue weighted by atomic mass is 16.6. The fourth-order valence-corrected chi connectivity index (χ4v) is 7.87. The summed E-state index contributed by atoms with van der Waals surface area (Å²) >= 11 is 0. The lowest BCUT2D eigenvalue weighted by molar-refractivity contribution is -0.167. The maximum absolute atomic E-state index is 12.8. The Morgan fingerprint density at radius 2 is 0.619 bits per heavy atom. The quantitative estimate of drug-likeness (QED) is 0.0262. The molecule has 6 heteroatoms. The van der Waals surface area contributed by atoms with E-state index in [0.29, 0.717) is 19.3 Å². The molecule has 0 aliphatic carbocycles. The van der Waals surface area contributed by atoms with Gasteiger partial charge < -0.3 is 14.2 Å². The molecule has 1 atom stereocenters. The van der Waals surface area contributed by atoms with E-state index in [1.807, 2.05) is 18.2 Å². The van der Waals surface area contributed by atoms with Crippen molar-refractivity contribution in [1.82, 2.24) is 0 Å². The summed E-state index contributed by atoms with van der Waals surface area (Å²) < 4.78 is 16.8. The SMILES string of the molecule is CC\C=C/C=C\C=C/C=C\CCCCCCCC(=O)OC(COC(=O)CCCCCCCCCCCCCCCC)COC(=O)CCCCCCCCCCCCCCCCCC. The summed E-state index contributed by atoms with van der Waals surface area (Å²) in [6.07, 6.45) is 62.3. The van der Waals surface area contributed by atoms with Crippen LogP contribution in [-0.4, -0.2) is 37.2 Å². The predicted molar refractivity (Wildman–Crippen MR) is 270 cm³/mol. The number of carbonyl (C=O) groups excluding carboxylic acids is 3. The van der Waals surface area contributed by atoms with E-state index in [4.69, 9.17) is 14.2 Å². The van der Waals surface area contributed by atoms with Gasteiger partial charge in [0.2, 0.25) is 0 Å². The molecule has 0 radical (unpaired) electrons. The molecule has 0 aliphatic heterocycles. The first-order chi connectivity index (χ1) is 31.0. The Kier molecular flexibility index (Phi) is 49.8. The van der Waals surface area contributed by atoms with Gasteiger partial charge in [0, 0.05) is 19.3 Å². The van der Waals surface area contributed by atoms with E-state index in [-0.39, 0.29) is 31.1 Å². The maximum Gasteiger partial charge on any atom is 0.306 e. The molecule has 0 bridgehead atoms. The van der Waals surface area contributed by atoms with Crippen molar-refractivity contribution >= 4 is 17.9 Å². The van der Waals surface area contributed by atoms with Crippen LogP contribution >= 0.6 is 0 Å². The number of hydrogen-bond donors (Lipinski definition) is 0. The van der Waals surface area contributed by atoms with Gasteiger partial charge in [-0.3, -0.25) is 14.4 Å². The van der Waals surface area contributed by atoms with Crippen LogP contribution in [0.2, 0.25) is 0 Å². The number of hydrogen-bond acceptors (Lipinski definition) is 6. The first-order valence-corrected chi connectivity index (χ1v) is 27.2. The van der Waals surface area contributed by atoms with Crippen LogP contribution in [0.3, 0.4) is 0 Å². The Hall–Kier alpha value is -2.63. The largest absolute Gasteiger partial charge is 0.462 e. The molecule has 0 aromatic rings. The van der Waals surface area contributed by atoms with E-state index < -0.39 is 6.10 Å². The summed E-state index contributed by atoms with van der Waals surface area (Å²) in [4.78, 5) is 38.0. The summed E-state index contributed by atoms with van der Waals surface area (Å²) in [5, 5.41) is 0. The lowest BCUT2D eigenvalue weighted by Crippen LogP contribution is -2.30. The van der Waals surface area contributed by atoms with Crippen molar-refractivity contribution < 1.29 is 28.6 Å². The Morgan fingerprint density at radius 3 is 0.968 bits per heavy atom. The monoisotopic (exact) mass is 883 g/mol. The Labute approximate surface area is 390 Å². The highest BCUT2D eigenvalue weighted by Crippen LogP contribution is 2.16. The number of allylic oxidation sites excluding steroid dienone is 8. The standard InChI is InChI=1S/C57H102O6/c1-4-7-10-13-16-19-22-25-28-30-32-35-38-41-44-47-50-56(59)62-53-54(52-61-55(58)49-46-43-40-37-34-31-27-24-21-18-15-12-9-6-3)63-57(60)51-48-45-42-39-36-33-29-26-23-20-17-14-11-8-5-2/h8,11,14,17,20,23,26,29,54H,4-7,9-10,12-13,15-16,18-19,21-22,24-25,27-28,30-53H2,1-3H3/b11-8-,17-14-,23-20-,29-26-. The first kappa shape index (κ1) is 60.4. The lowest BCUT2D eigenvalue weighted by atomic mass is 10.0. The van der Waals surface area contributed by atoms with Crippen molar-refractivity contribution in [3.05, 3.63) is 48.6 Å². The summed E-state index contributed by atoms with van der Waals surface area (Å²) in [5.74, 6) is -0.888. The molecule has 0 heterocycles. The predicted octanol–water partition coefficient (Wildman–Crippen LogP) is 17.9. The molecule has 0 saturated heterocycles. The lowest BCUT2D eigenvalue weighted by Gasteiger charge is -2.18. The molecule has 0 saturated carbocycles. The van der Waals surface area contributed by atoms with Crippen molar-refractivity contribution in [1.29, 1.82) is 0 Å². The van der Waals surface area contributed by atoms with Gasteiger partial charge in [0.1, 0.15) is 13.2 Å². The number of carbonyl (C=O) groups is 3. The van der Waals surface area contributed by atoms with E-state index in [1.54, 1.807) is 0 Å². The van der Waals surface area contributed by atoms with Crippen molar-refractivity contribution in [3.8, 4) is 0 Å². The third-order valence-electron chi connectivity index (χ3n) is 11.9. The normalized spacial score (nSPS) is 12.4. The Bertz CT molecular complexity index is 1110. The minimum Gasteiger partial charge on any atom is -0.462 e. The summed E-state index contributed by atoms with van der Waals surface area (Å²) in [6.45, 7) is 6.51. The molecule has 63 heavy (non-hydrogen) atoms. The zero-order valence-corrected chi connectivity index (χ0v) is 41.8. The molecule has 0 N–H and O–H groups in total. The number of unbranched alkanes of at least 4 members (excludes halogenated alkanes) is 33. The molecule has 0 spiro atoms. The molecular formula is C57H102O6. The minimum absolute atomic E-state index is 0.0789. The van der Waals surface area contributed by atoms with Gasteiger partial charge in [-0.1, -0.05) is 268 Å². The van der Waals surface area contributed by atoms with Crippen LogP contribution in [0.1, 0.15) is 278 Å². The van der Waals surface area contributed by atoms with Crippen LogP contribution in [0.15, 0.2) is 48.6 Å². The first-order valence-electron chi connectivity index (χ1n) is 27.2. The maximum atomic E-state index is 12.8. The van der Waals surface area contributed by atoms with E-state index in [0.717, 1.165) is 83.5 Å². The molecule has 0 aromatic heterocycles. The molecular weight excluding hydrogens is 781 g/mol. The summed E-state index contributed by atoms with van der Waals surface area (Å²) in [6, 6.07) is 0. The van der Waals surface area contributed by atoms with Gasteiger partial charge in [-0.05, 0) is 38.5 Å². The highest BCUT2D eigenvalue weighted by molar-refractivity contribution is 5.71. The van der Waals surface area contributed by atoms with Gasteiger partial charge in [0.05, 0.1) is 0 Å². The van der Waals surface area contributed by atoms with E-state index in [9.17, 15) is 14.4 Å².